The number of anilines is 6. The highest BCUT2D eigenvalue weighted by Crippen LogP contribution is 2.53. The highest BCUT2D eigenvalue weighted by atomic mass is 32.1. The van der Waals surface area contributed by atoms with Crippen LogP contribution in [-0.2, 0) is 5.41 Å². The molecule has 1 aromatic heterocycles. The van der Waals surface area contributed by atoms with Crippen LogP contribution >= 0.6 is 11.3 Å². The van der Waals surface area contributed by atoms with Gasteiger partial charge in [-0.15, -0.1) is 11.3 Å². The molecular weight excluding hydrogens is 731 g/mol. The normalized spacial score (nSPS) is 16.6. The van der Waals surface area contributed by atoms with Gasteiger partial charge in [0.25, 0.3) is 6.71 Å². The van der Waals surface area contributed by atoms with Crippen molar-refractivity contribution < 1.29 is 28.4 Å². The summed E-state index contributed by atoms with van der Waals surface area (Å²) in [4.78, 5) is 4.92. The van der Waals surface area contributed by atoms with Gasteiger partial charge in [0.05, 0.1) is 56.7 Å². The highest BCUT2D eigenvalue weighted by molar-refractivity contribution is 7.33. The summed E-state index contributed by atoms with van der Waals surface area (Å²) < 4.78 is 40.6. The fourth-order valence-electron chi connectivity index (χ4n) is 9.31. The molecule has 6 heterocycles. The van der Waals surface area contributed by atoms with E-state index in [9.17, 15) is 0 Å². The van der Waals surface area contributed by atoms with Crippen molar-refractivity contribution >= 4 is 78.0 Å². The monoisotopic (exact) mass is 776 g/mol. The second-order valence-electron chi connectivity index (χ2n) is 16.7. The fourth-order valence-corrected chi connectivity index (χ4v) is 10.6. The molecular formula is C47H45BN2O6S. The van der Waals surface area contributed by atoms with Crippen LogP contribution in [0.2, 0.25) is 0 Å². The van der Waals surface area contributed by atoms with Crippen LogP contribution in [0.25, 0.3) is 10.1 Å². The summed E-state index contributed by atoms with van der Waals surface area (Å²) in [7, 11) is 0. The van der Waals surface area contributed by atoms with Crippen LogP contribution < -0.4 is 53.9 Å². The molecule has 11 rings (SSSR count). The second-order valence-corrected chi connectivity index (χ2v) is 17.8. The molecule has 0 fully saturated rings. The van der Waals surface area contributed by atoms with E-state index in [1.54, 1.807) is 0 Å². The maximum Gasteiger partial charge on any atom is 0.264 e. The van der Waals surface area contributed by atoms with Gasteiger partial charge < -0.3 is 38.2 Å². The number of fused-ring (bicyclic) bond motifs is 9. The molecule has 5 aliphatic rings. The first kappa shape index (κ1) is 34.7. The van der Waals surface area contributed by atoms with Crippen LogP contribution in [0.3, 0.4) is 0 Å². The van der Waals surface area contributed by atoms with Crippen molar-refractivity contribution in [1.82, 2.24) is 0 Å². The van der Waals surface area contributed by atoms with Crippen LogP contribution in [0.15, 0.2) is 72.8 Å². The Morgan fingerprint density at radius 1 is 0.596 bits per heavy atom. The first-order chi connectivity index (χ1) is 27.7. The van der Waals surface area contributed by atoms with E-state index in [4.69, 9.17) is 28.4 Å². The minimum Gasteiger partial charge on any atom is -0.490 e. The van der Waals surface area contributed by atoms with Gasteiger partial charge in [-0.2, -0.15) is 0 Å². The molecule has 0 atom stereocenters. The topological polar surface area (TPSA) is 61.9 Å². The third kappa shape index (κ3) is 5.39. The lowest BCUT2D eigenvalue weighted by Crippen LogP contribution is -2.60. The summed E-state index contributed by atoms with van der Waals surface area (Å²) in [6.45, 7) is 15.0. The first-order valence-corrected chi connectivity index (χ1v) is 21.1. The Labute approximate surface area is 337 Å². The number of rotatable bonds is 2. The molecule has 288 valence electrons. The molecule has 57 heavy (non-hydrogen) atoms. The van der Waals surface area contributed by atoms with E-state index < -0.39 is 0 Å². The van der Waals surface area contributed by atoms with Crippen molar-refractivity contribution in [2.24, 2.45) is 0 Å². The molecule has 0 unspecified atom stereocenters. The van der Waals surface area contributed by atoms with Crippen molar-refractivity contribution in [3.8, 4) is 34.5 Å². The number of hydrogen-bond acceptors (Lipinski definition) is 9. The van der Waals surface area contributed by atoms with Gasteiger partial charge in [-0.3, -0.25) is 0 Å². The Morgan fingerprint density at radius 3 is 1.98 bits per heavy atom. The van der Waals surface area contributed by atoms with Crippen molar-refractivity contribution in [3.63, 3.8) is 0 Å². The zero-order valence-corrected chi connectivity index (χ0v) is 33.9. The van der Waals surface area contributed by atoms with Crippen LogP contribution in [0, 0.1) is 13.8 Å². The molecule has 0 saturated heterocycles. The lowest BCUT2D eigenvalue weighted by atomic mass is 9.36. The number of aryl methyl sites for hydroxylation is 1. The van der Waals surface area contributed by atoms with Crippen LogP contribution in [0.1, 0.15) is 56.7 Å². The Bertz CT molecular complexity index is 2630. The summed E-state index contributed by atoms with van der Waals surface area (Å²) in [6.07, 6.45) is 2.53. The Balaban J connectivity index is 1.23. The van der Waals surface area contributed by atoms with Gasteiger partial charge in [0, 0.05) is 68.9 Å². The van der Waals surface area contributed by atoms with Gasteiger partial charge >= 0.3 is 0 Å². The van der Waals surface area contributed by atoms with Crippen molar-refractivity contribution in [1.29, 1.82) is 0 Å². The number of ether oxygens (including phenoxy) is 6. The van der Waals surface area contributed by atoms with E-state index in [1.165, 1.54) is 37.0 Å². The van der Waals surface area contributed by atoms with Gasteiger partial charge in [0.1, 0.15) is 0 Å². The Kier molecular flexibility index (Phi) is 7.94. The molecule has 0 aliphatic carbocycles. The minimum absolute atomic E-state index is 0.0236. The molecule has 5 aliphatic heterocycles. The highest BCUT2D eigenvalue weighted by Gasteiger charge is 2.46. The summed E-state index contributed by atoms with van der Waals surface area (Å²) in [5.41, 5.74) is 12.6. The summed E-state index contributed by atoms with van der Waals surface area (Å²) in [6, 6.07) is 26.8. The lowest BCUT2D eigenvalue weighted by molar-refractivity contribution is 0.296. The third-order valence-electron chi connectivity index (χ3n) is 12.0. The molecule has 0 amide bonds. The van der Waals surface area contributed by atoms with E-state index in [2.05, 4.69) is 111 Å². The zero-order chi connectivity index (χ0) is 38.6. The van der Waals surface area contributed by atoms with E-state index in [1.807, 2.05) is 17.4 Å². The quantitative estimate of drug-likeness (QED) is 0.161. The minimum atomic E-state index is -0.0669. The lowest BCUT2D eigenvalue weighted by Gasteiger charge is -2.44. The zero-order valence-electron chi connectivity index (χ0n) is 33.1. The van der Waals surface area contributed by atoms with Crippen molar-refractivity contribution in [3.05, 3.63) is 89.5 Å². The van der Waals surface area contributed by atoms with Crippen molar-refractivity contribution in [2.45, 2.75) is 59.3 Å². The average molecular weight is 777 g/mol. The maximum absolute atomic E-state index is 6.49. The van der Waals surface area contributed by atoms with Crippen LogP contribution in [-0.4, -0.2) is 46.4 Å². The number of thiophene rings is 1. The summed E-state index contributed by atoms with van der Waals surface area (Å²) in [5, 5.41) is 1.26. The van der Waals surface area contributed by atoms with Gasteiger partial charge in [0.2, 0.25) is 0 Å². The van der Waals surface area contributed by atoms with Gasteiger partial charge in [-0.1, -0.05) is 32.9 Å². The van der Waals surface area contributed by atoms with Gasteiger partial charge in [-0.05, 0) is 89.8 Å². The number of hydrogen-bond donors (Lipinski definition) is 0. The first-order valence-electron chi connectivity index (χ1n) is 20.3. The molecule has 8 nitrogen and oxygen atoms in total. The van der Waals surface area contributed by atoms with E-state index in [-0.39, 0.29) is 12.1 Å². The molecule has 0 radical (unpaired) electrons. The molecule has 5 aromatic carbocycles. The third-order valence-corrected chi connectivity index (χ3v) is 13.2. The molecule has 6 aromatic rings. The molecule has 10 heteroatoms. The molecule has 0 bridgehead atoms. The summed E-state index contributed by atoms with van der Waals surface area (Å²) >= 11 is 1.90. The second kappa shape index (κ2) is 13.0. The standard InChI is InChI=1S/C47H45BN2O6S/c1-27-22-40-45(56-21-9-20-55-40)28(2)43(27)50-34-11-6-10-33-42(34)48(46-44(50)31-23-29(47(3,4)5)12-15-41(31)57-46)32-25-38-39(54-19-8-18-53-38)26-35(32)49(33)30-13-14-36-37(24-30)52-17-7-16-51-36/h6,10-15,22-26H,7-9,16-21H2,1-5H3. The molecule has 0 spiro atoms. The molecule has 0 saturated carbocycles. The predicted molar refractivity (Wildman–Crippen MR) is 231 cm³/mol. The van der Waals surface area contributed by atoms with E-state index in [0.29, 0.717) is 39.6 Å². The van der Waals surface area contributed by atoms with E-state index >= 15 is 0 Å². The van der Waals surface area contributed by atoms with Crippen LogP contribution in [0.5, 0.6) is 34.5 Å². The Hall–Kier alpha value is -5.48. The average Bonchev–Trinajstić information content (AvgIpc) is 3.45. The van der Waals surface area contributed by atoms with Gasteiger partial charge in [-0.25, -0.2) is 0 Å². The number of nitrogens with zero attached hydrogens (tertiary/aromatic N) is 2. The maximum atomic E-state index is 6.49. The van der Waals surface area contributed by atoms with Gasteiger partial charge in [0.15, 0.2) is 34.5 Å². The summed E-state index contributed by atoms with van der Waals surface area (Å²) in [5.74, 6) is 4.74. The predicted octanol–water partition coefficient (Wildman–Crippen LogP) is 9.38. The SMILES string of the molecule is Cc1cc2c(c(C)c1N1c3cccc4c3B(c3cc5c(cc3N4c3ccc4c(c3)OCCCO4)OCCCO5)c3sc4ccc(C(C)(C)C)cc4c31)OCCCO2. The smallest absolute Gasteiger partial charge is 0.264 e. The fraction of sp³-hybridized carbons (Fsp3) is 0.319. The van der Waals surface area contributed by atoms with Crippen molar-refractivity contribution in [2.75, 3.05) is 49.4 Å². The Morgan fingerprint density at radius 2 is 1.25 bits per heavy atom. The number of benzene rings is 5. The van der Waals surface area contributed by atoms with E-state index in [0.717, 1.165) is 93.3 Å². The largest absolute Gasteiger partial charge is 0.490 e. The molecule has 0 N–H and O–H groups in total. The van der Waals surface area contributed by atoms with Crippen LogP contribution in [0.4, 0.5) is 34.1 Å².